The van der Waals surface area contributed by atoms with Crippen LogP contribution >= 0.6 is 27.5 Å². The van der Waals surface area contributed by atoms with E-state index in [1.54, 1.807) is 6.07 Å². The maximum absolute atomic E-state index is 13.3. The van der Waals surface area contributed by atoms with Crippen LogP contribution in [-0.4, -0.2) is 10.2 Å². The zero-order valence-corrected chi connectivity index (χ0v) is 8.60. The maximum Gasteiger partial charge on any atom is 0.152 e. The SMILES string of the molecule is Fc1cc(Br)cc2nnc(Cl)cc12. The molecule has 13 heavy (non-hydrogen) atoms. The van der Waals surface area contributed by atoms with Gasteiger partial charge in [-0.25, -0.2) is 4.39 Å². The lowest BCUT2D eigenvalue weighted by atomic mass is 10.2. The van der Waals surface area contributed by atoms with Gasteiger partial charge in [0, 0.05) is 9.86 Å². The highest BCUT2D eigenvalue weighted by molar-refractivity contribution is 9.10. The van der Waals surface area contributed by atoms with Crippen molar-refractivity contribution >= 4 is 38.4 Å². The first kappa shape index (κ1) is 8.84. The molecule has 0 saturated carbocycles. The molecule has 5 heteroatoms. The first-order valence-corrected chi connectivity index (χ1v) is 4.62. The van der Waals surface area contributed by atoms with Crippen molar-refractivity contribution in [2.45, 2.75) is 0 Å². The summed E-state index contributed by atoms with van der Waals surface area (Å²) in [5.74, 6) is -0.360. The fourth-order valence-electron chi connectivity index (χ4n) is 1.05. The molecule has 1 aromatic heterocycles. The minimum atomic E-state index is -0.360. The van der Waals surface area contributed by atoms with Crippen LogP contribution in [0.15, 0.2) is 22.7 Å². The van der Waals surface area contributed by atoms with E-state index >= 15 is 0 Å². The van der Waals surface area contributed by atoms with Gasteiger partial charge in [0.1, 0.15) is 5.82 Å². The molecule has 0 aliphatic heterocycles. The van der Waals surface area contributed by atoms with Crippen molar-refractivity contribution in [3.05, 3.63) is 33.6 Å². The van der Waals surface area contributed by atoms with Crippen molar-refractivity contribution in [2.24, 2.45) is 0 Å². The molecule has 0 fully saturated rings. The summed E-state index contributed by atoms with van der Waals surface area (Å²) in [4.78, 5) is 0. The molecule has 2 rings (SSSR count). The van der Waals surface area contributed by atoms with E-state index in [9.17, 15) is 4.39 Å². The maximum atomic E-state index is 13.3. The summed E-state index contributed by atoms with van der Waals surface area (Å²) in [5.41, 5.74) is 0.483. The van der Waals surface area contributed by atoms with Crippen molar-refractivity contribution in [3.8, 4) is 0 Å². The van der Waals surface area contributed by atoms with Gasteiger partial charge in [-0.05, 0) is 18.2 Å². The highest BCUT2D eigenvalue weighted by Gasteiger charge is 2.04. The van der Waals surface area contributed by atoms with Crippen molar-refractivity contribution in [1.82, 2.24) is 10.2 Å². The fourth-order valence-corrected chi connectivity index (χ4v) is 1.61. The average molecular weight is 261 g/mol. The van der Waals surface area contributed by atoms with Gasteiger partial charge in [-0.3, -0.25) is 0 Å². The predicted molar refractivity (Wildman–Crippen MR) is 52.2 cm³/mol. The topological polar surface area (TPSA) is 25.8 Å². The molecular formula is C8H3BrClFN2. The molecule has 0 saturated heterocycles. The highest BCUT2D eigenvalue weighted by Crippen LogP contribution is 2.22. The smallest absolute Gasteiger partial charge is 0.152 e. The van der Waals surface area contributed by atoms with Gasteiger partial charge in [0.05, 0.1) is 5.52 Å². The van der Waals surface area contributed by atoms with E-state index in [0.717, 1.165) is 0 Å². The largest absolute Gasteiger partial charge is 0.206 e. The molecule has 0 amide bonds. The molecule has 0 atom stereocenters. The molecule has 0 bridgehead atoms. The van der Waals surface area contributed by atoms with Crippen LogP contribution in [0.5, 0.6) is 0 Å². The van der Waals surface area contributed by atoms with Gasteiger partial charge in [0.2, 0.25) is 0 Å². The predicted octanol–water partition coefficient (Wildman–Crippen LogP) is 3.18. The Bertz CT molecular complexity index is 475. The molecule has 1 aromatic carbocycles. The number of fused-ring (bicyclic) bond motifs is 1. The van der Waals surface area contributed by atoms with Crippen LogP contribution in [0.4, 0.5) is 4.39 Å². The van der Waals surface area contributed by atoms with Gasteiger partial charge in [-0.2, -0.15) is 0 Å². The van der Waals surface area contributed by atoms with Gasteiger partial charge in [0.25, 0.3) is 0 Å². The van der Waals surface area contributed by atoms with Crippen molar-refractivity contribution in [1.29, 1.82) is 0 Å². The second-order valence-electron chi connectivity index (χ2n) is 2.49. The molecule has 66 valence electrons. The van der Waals surface area contributed by atoms with Crippen LogP contribution in [0, 0.1) is 5.82 Å². The van der Waals surface area contributed by atoms with E-state index in [2.05, 4.69) is 26.1 Å². The van der Waals surface area contributed by atoms with E-state index in [0.29, 0.717) is 15.4 Å². The average Bonchev–Trinajstić information content (AvgIpc) is 2.06. The zero-order chi connectivity index (χ0) is 9.42. The van der Waals surface area contributed by atoms with Crippen LogP contribution in [0.3, 0.4) is 0 Å². The van der Waals surface area contributed by atoms with Crippen LogP contribution in [0.2, 0.25) is 5.15 Å². The summed E-state index contributed by atoms with van der Waals surface area (Å²) >= 11 is 8.74. The van der Waals surface area contributed by atoms with Gasteiger partial charge in [-0.15, -0.1) is 10.2 Å². The third kappa shape index (κ3) is 1.64. The number of hydrogen-bond acceptors (Lipinski definition) is 2. The number of hydrogen-bond donors (Lipinski definition) is 0. The van der Waals surface area contributed by atoms with Crippen molar-refractivity contribution in [2.75, 3.05) is 0 Å². The molecule has 2 aromatic rings. The number of aromatic nitrogens is 2. The molecule has 0 spiro atoms. The quantitative estimate of drug-likeness (QED) is 0.728. The van der Waals surface area contributed by atoms with Crippen molar-refractivity contribution < 1.29 is 4.39 Å². The van der Waals surface area contributed by atoms with E-state index < -0.39 is 0 Å². The monoisotopic (exact) mass is 260 g/mol. The summed E-state index contributed by atoms with van der Waals surface area (Å²) in [5, 5.41) is 7.93. The molecule has 0 aliphatic carbocycles. The molecule has 1 heterocycles. The lowest BCUT2D eigenvalue weighted by Crippen LogP contribution is -1.87. The Morgan fingerprint density at radius 3 is 2.77 bits per heavy atom. The molecule has 0 aliphatic rings. The van der Waals surface area contributed by atoms with Crippen molar-refractivity contribution in [3.63, 3.8) is 0 Å². The Kier molecular flexibility index (Phi) is 2.17. The molecule has 2 nitrogen and oxygen atoms in total. The second kappa shape index (κ2) is 3.20. The van der Waals surface area contributed by atoms with Crippen LogP contribution in [0.1, 0.15) is 0 Å². The van der Waals surface area contributed by atoms with E-state index in [4.69, 9.17) is 11.6 Å². The lowest BCUT2D eigenvalue weighted by Gasteiger charge is -1.98. The summed E-state index contributed by atoms with van der Waals surface area (Å²) in [6.07, 6.45) is 0. The van der Waals surface area contributed by atoms with E-state index in [1.807, 2.05) is 0 Å². The standard InChI is InChI=1S/C8H3BrClFN2/c9-4-1-6(11)5-3-8(10)13-12-7(5)2-4/h1-3H. The van der Waals surface area contributed by atoms with Gasteiger partial charge < -0.3 is 0 Å². The minimum Gasteiger partial charge on any atom is -0.206 e. The number of rotatable bonds is 0. The minimum absolute atomic E-state index is 0.189. The van der Waals surface area contributed by atoms with Gasteiger partial charge >= 0.3 is 0 Å². The number of benzene rings is 1. The van der Waals surface area contributed by atoms with Crippen LogP contribution < -0.4 is 0 Å². The summed E-state index contributed by atoms with van der Waals surface area (Å²) in [6, 6.07) is 4.49. The summed E-state index contributed by atoms with van der Waals surface area (Å²) < 4.78 is 13.9. The lowest BCUT2D eigenvalue weighted by molar-refractivity contribution is 0.638. The Balaban J connectivity index is 2.87. The Morgan fingerprint density at radius 2 is 2.00 bits per heavy atom. The number of nitrogens with zero attached hydrogens (tertiary/aromatic N) is 2. The Morgan fingerprint density at radius 1 is 1.23 bits per heavy atom. The summed E-state index contributed by atoms with van der Waals surface area (Å²) in [6.45, 7) is 0. The van der Waals surface area contributed by atoms with E-state index in [1.165, 1.54) is 12.1 Å². The third-order valence-corrected chi connectivity index (χ3v) is 2.23. The van der Waals surface area contributed by atoms with Gasteiger partial charge in [-0.1, -0.05) is 27.5 Å². The highest BCUT2D eigenvalue weighted by atomic mass is 79.9. The zero-order valence-electron chi connectivity index (χ0n) is 6.26. The van der Waals surface area contributed by atoms with Crippen LogP contribution in [-0.2, 0) is 0 Å². The first-order valence-electron chi connectivity index (χ1n) is 3.45. The fraction of sp³-hybridized carbons (Fsp3) is 0. The first-order chi connectivity index (χ1) is 6.16. The summed E-state index contributed by atoms with van der Waals surface area (Å²) in [7, 11) is 0. The van der Waals surface area contributed by atoms with E-state index in [-0.39, 0.29) is 11.0 Å². The normalized spacial score (nSPS) is 10.7. The molecular weight excluding hydrogens is 258 g/mol. The molecule has 0 radical (unpaired) electrons. The Labute approximate surface area is 86.9 Å². The molecule has 0 N–H and O–H groups in total. The number of halogens is 3. The Hall–Kier alpha value is -0.740. The third-order valence-electron chi connectivity index (χ3n) is 1.59. The van der Waals surface area contributed by atoms with Crippen LogP contribution in [0.25, 0.3) is 10.9 Å². The molecule has 0 unspecified atom stereocenters. The van der Waals surface area contributed by atoms with Gasteiger partial charge in [0.15, 0.2) is 5.15 Å². The second-order valence-corrected chi connectivity index (χ2v) is 3.79.